The van der Waals surface area contributed by atoms with Crippen molar-refractivity contribution >= 4 is 5.69 Å². The highest BCUT2D eigenvalue weighted by molar-refractivity contribution is 5.75. The second kappa shape index (κ2) is 4.04. The third-order valence-corrected chi connectivity index (χ3v) is 2.16. The van der Waals surface area contributed by atoms with Crippen molar-refractivity contribution in [2.75, 3.05) is 19.0 Å². The summed E-state index contributed by atoms with van der Waals surface area (Å²) in [7, 11) is 4.01. The van der Waals surface area contributed by atoms with E-state index in [4.69, 9.17) is 0 Å². The SMILES string of the molecule is CN(C)c1ccccc1-c1ccnnn1. The molecule has 1 aromatic heterocycles. The van der Waals surface area contributed by atoms with Crippen molar-refractivity contribution in [3.8, 4) is 11.3 Å². The largest absolute Gasteiger partial charge is 0.377 e. The fourth-order valence-corrected chi connectivity index (χ4v) is 1.46. The van der Waals surface area contributed by atoms with Crippen LogP contribution in [-0.4, -0.2) is 29.5 Å². The van der Waals surface area contributed by atoms with Gasteiger partial charge in [-0.1, -0.05) is 18.2 Å². The summed E-state index contributed by atoms with van der Waals surface area (Å²) in [6.07, 6.45) is 1.65. The van der Waals surface area contributed by atoms with Gasteiger partial charge >= 0.3 is 0 Å². The first kappa shape index (κ1) is 9.58. The first-order chi connectivity index (χ1) is 7.29. The summed E-state index contributed by atoms with van der Waals surface area (Å²) in [6.45, 7) is 0. The van der Waals surface area contributed by atoms with Gasteiger partial charge in [-0.25, -0.2) is 0 Å². The lowest BCUT2D eigenvalue weighted by Crippen LogP contribution is -2.10. The standard InChI is InChI=1S/C11H12N4/c1-15(2)11-6-4-3-5-9(11)10-7-8-12-14-13-10/h3-8H,1-2H3. The van der Waals surface area contributed by atoms with Crippen LogP contribution in [0, 0.1) is 0 Å². The summed E-state index contributed by atoms with van der Waals surface area (Å²) < 4.78 is 0. The highest BCUT2D eigenvalue weighted by Crippen LogP contribution is 2.26. The van der Waals surface area contributed by atoms with Gasteiger partial charge in [0, 0.05) is 25.3 Å². The molecule has 0 amide bonds. The van der Waals surface area contributed by atoms with Crippen LogP contribution in [0.25, 0.3) is 11.3 Å². The molecule has 0 spiro atoms. The maximum Gasteiger partial charge on any atom is 0.0984 e. The van der Waals surface area contributed by atoms with Crippen molar-refractivity contribution in [3.63, 3.8) is 0 Å². The van der Waals surface area contributed by atoms with E-state index in [9.17, 15) is 0 Å². The Balaban J connectivity index is 2.53. The Bertz CT molecular complexity index is 439. The minimum absolute atomic E-state index is 0.842. The van der Waals surface area contributed by atoms with Gasteiger partial charge < -0.3 is 4.90 Å². The molecular weight excluding hydrogens is 188 g/mol. The maximum absolute atomic E-state index is 4.00. The fourth-order valence-electron chi connectivity index (χ4n) is 1.46. The van der Waals surface area contributed by atoms with Crippen LogP contribution in [0.15, 0.2) is 36.5 Å². The summed E-state index contributed by atoms with van der Waals surface area (Å²) >= 11 is 0. The molecule has 0 N–H and O–H groups in total. The van der Waals surface area contributed by atoms with E-state index in [1.165, 1.54) is 0 Å². The Hall–Kier alpha value is -1.97. The molecule has 0 aliphatic heterocycles. The molecule has 15 heavy (non-hydrogen) atoms. The van der Waals surface area contributed by atoms with Gasteiger partial charge in [-0.3, -0.25) is 0 Å². The molecule has 4 heteroatoms. The number of hydrogen-bond acceptors (Lipinski definition) is 4. The van der Waals surface area contributed by atoms with Gasteiger partial charge in [0.1, 0.15) is 0 Å². The molecule has 0 unspecified atom stereocenters. The van der Waals surface area contributed by atoms with E-state index in [1.807, 2.05) is 38.4 Å². The van der Waals surface area contributed by atoms with Crippen LogP contribution < -0.4 is 4.90 Å². The molecular formula is C11H12N4. The van der Waals surface area contributed by atoms with Gasteiger partial charge in [-0.15, -0.1) is 10.2 Å². The summed E-state index contributed by atoms with van der Waals surface area (Å²) in [5.41, 5.74) is 3.03. The lowest BCUT2D eigenvalue weighted by molar-refractivity contribution is 0.870. The predicted octanol–water partition coefficient (Wildman–Crippen LogP) is 1.60. The molecule has 2 aromatic rings. The van der Waals surface area contributed by atoms with Crippen LogP contribution in [0.1, 0.15) is 0 Å². The van der Waals surface area contributed by atoms with Crippen LogP contribution in [0.5, 0.6) is 0 Å². The van der Waals surface area contributed by atoms with Crippen molar-refractivity contribution in [3.05, 3.63) is 36.5 Å². The van der Waals surface area contributed by atoms with Crippen molar-refractivity contribution < 1.29 is 0 Å². The summed E-state index contributed by atoms with van der Waals surface area (Å²) in [6, 6.07) is 9.93. The summed E-state index contributed by atoms with van der Waals surface area (Å²) in [4.78, 5) is 2.05. The van der Waals surface area contributed by atoms with Crippen molar-refractivity contribution in [2.24, 2.45) is 0 Å². The molecule has 0 radical (unpaired) electrons. The van der Waals surface area contributed by atoms with E-state index in [-0.39, 0.29) is 0 Å². The maximum atomic E-state index is 4.00. The molecule has 1 aromatic carbocycles. The minimum atomic E-state index is 0.842. The van der Waals surface area contributed by atoms with Crippen molar-refractivity contribution in [2.45, 2.75) is 0 Å². The predicted molar refractivity (Wildman–Crippen MR) is 59.6 cm³/mol. The zero-order valence-electron chi connectivity index (χ0n) is 8.75. The van der Waals surface area contributed by atoms with Gasteiger partial charge in [0.15, 0.2) is 0 Å². The van der Waals surface area contributed by atoms with Gasteiger partial charge in [-0.05, 0) is 17.3 Å². The van der Waals surface area contributed by atoms with Crippen LogP contribution in [-0.2, 0) is 0 Å². The fraction of sp³-hybridized carbons (Fsp3) is 0.182. The molecule has 0 saturated carbocycles. The Labute approximate surface area is 88.6 Å². The molecule has 76 valence electrons. The Morgan fingerprint density at radius 1 is 1.07 bits per heavy atom. The van der Waals surface area contributed by atoms with Gasteiger partial charge in [0.25, 0.3) is 0 Å². The van der Waals surface area contributed by atoms with E-state index < -0.39 is 0 Å². The molecule has 0 saturated heterocycles. The molecule has 0 atom stereocenters. The van der Waals surface area contributed by atoms with E-state index in [0.717, 1.165) is 16.9 Å². The molecule has 0 aliphatic rings. The van der Waals surface area contributed by atoms with Gasteiger partial charge in [-0.2, -0.15) is 0 Å². The van der Waals surface area contributed by atoms with Crippen LogP contribution in [0.3, 0.4) is 0 Å². The van der Waals surface area contributed by atoms with Gasteiger partial charge in [0.05, 0.1) is 11.9 Å². The normalized spacial score (nSPS) is 10.0. The smallest absolute Gasteiger partial charge is 0.0984 e. The minimum Gasteiger partial charge on any atom is -0.377 e. The number of nitrogens with zero attached hydrogens (tertiary/aromatic N) is 4. The number of anilines is 1. The number of hydrogen-bond donors (Lipinski definition) is 0. The molecule has 4 nitrogen and oxygen atoms in total. The van der Waals surface area contributed by atoms with Crippen LogP contribution in [0.2, 0.25) is 0 Å². The summed E-state index contributed by atoms with van der Waals surface area (Å²) in [5, 5.41) is 11.3. The van der Waals surface area contributed by atoms with Crippen molar-refractivity contribution in [1.29, 1.82) is 0 Å². The number of para-hydroxylation sites is 1. The molecule has 2 rings (SSSR count). The third-order valence-electron chi connectivity index (χ3n) is 2.16. The van der Waals surface area contributed by atoms with Crippen molar-refractivity contribution in [1.82, 2.24) is 15.4 Å². The number of benzene rings is 1. The van der Waals surface area contributed by atoms with E-state index in [2.05, 4.69) is 26.4 Å². The lowest BCUT2D eigenvalue weighted by atomic mass is 10.1. The first-order valence-corrected chi connectivity index (χ1v) is 4.70. The van der Waals surface area contributed by atoms with Gasteiger partial charge in [0.2, 0.25) is 0 Å². The van der Waals surface area contributed by atoms with Crippen LogP contribution >= 0.6 is 0 Å². The number of aromatic nitrogens is 3. The summed E-state index contributed by atoms with van der Waals surface area (Å²) in [5.74, 6) is 0. The second-order valence-electron chi connectivity index (χ2n) is 3.42. The third kappa shape index (κ3) is 1.93. The molecule has 0 bridgehead atoms. The quantitative estimate of drug-likeness (QED) is 0.738. The molecule has 0 fully saturated rings. The second-order valence-corrected chi connectivity index (χ2v) is 3.42. The van der Waals surface area contributed by atoms with E-state index >= 15 is 0 Å². The van der Waals surface area contributed by atoms with E-state index in [0.29, 0.717) is 0 Å². The Kier molecular flexibility index (Phi) is 2.58. The van der Waals surface area contributed by atoms with Crippen LogP contribution in [0.4, 0.5) is 5.69 Å². The molecule has 0 aliphatic carbocycles. The Morgan fingerprint density at radius 3 is 2.53 bits per heavy atom. The lowest BCUT2D eigenvalue weighted by Gasteiger charge is -2.16. The zero-order chi connectivity index (χ0) is 10.7. The number of rotatable bonds is 2. The highest BCUT2D eigenvalue weighted by Gasteiger charge is 2.06. The monoisotopic (exact) mass is 200 g/mol. The average Bonchev–Trinajstić information content (AvgIpc) is 2.30. The van der Waals surface area contributed by atoms with E-state index in [1.54, 1.807) is 6.20 Å². The molecule has 1 heterocycles. The zero-order valence-corrected chi connectivity index (χ0v) is 8.75. The average molecular weight is 200 g/mol. The first-order valence-electron chi connectivity index (χ1n) is 4.70. The highest BCUT2D eigenvalue weighted by atomic mass is 15.3. The topological polar surface area (TPSA) is 41.9 Å². The Morgan fingerprint density at radius 2 is 1.87 bits per heavy atom.